The van der Waals surface area contributed by atoms with Crippen LogP contribution >= 0.6 is 0 Å². The van der Waals surface area contributed by atoms with Gasteiger partial charge < -0.3 is 9.84 Å². The van der Waals surface area contributed by atoms with Gasteiger partial charge in [0.05, 0.1) is 30.2 Å². The number of hydrogen-bond acceptors (Lipinski definition) is 3. The Morgan fingerprint density at radius 2 is 1.95 bits per heavy atom. The van der Waals surface area contributed by atoms with Crippen LogP contribution in [0.15, 0.2) is 24.3 Å². The fourth-order valence-electron chi connectivity index (χ4n) is 2.42. The smallest absolute Gasteiger partial charge is 0.435 e. The first-order valence-electron chi connectivity index (χ1n) is 6.47. The molecule has 1 aliphatic heterocycles. The molecule has 0 amide bonds. The van der Waals surface area contributed by atoms with E-state index in [2.05, 4.69) is 5.10 Å². The lowest BCUT2D eigenvalue weighted by Crippen LogP contribution is -2.15. The molecule has 5 nitrogen and oxygen atoms in total. The maximum absolute atomic E-state index is 13.1. The minimum atomic E-state index is -4.56. The molecule has 0 bridgehead atoms. The number of nitrogens with zero attached hydrogens (tertiary/aromatic N) is 2. The number of alkyl halides is 3. The first kappa shape index (κ1) is 14.6. The minimum absolute atomic E-state index is 0.0426. The molecule has 0 atom stereocenters. The molecule has 2 heterocycles. The molecule has 0 saturated heterocycles. The van der Waals surface area contributed by atoms with E-state index in [1.807, 2.05) is 0 Å². The van der Waals surface area contributed by atoms with E-state index in [4.69, 9.17) is 9.84 Å². The number of benzene rings is 1. The fraction of sp³-hybridized carbons (Fsp3) is 0.286. The Balaban J connectivity index is 2.11. The molecule has 116 valence electrons. The summed E-state index contributed by atoms with van der Waals surface area (Å²) in [5.41, 5.74) is -0.0185. The summed E-state index contributed by atoms with van der Waals surface area (Å²) in [5.74, 6) is -1.10. The van der Waals surface area contributed by atoms with Crippen LogP contribution in [0.25, 0.3) is 5.69 Å². The first-order valence-corrected chi connectivity index (χ1v) is 6.47. The van der Waals surface area contributed by atoms with E-state index in [0.29, 0.717) is 24.4 Å². The zero-order valence-electron chi connectivity index (χ0n) is 11.2. The van der Waals surface area contributed by atoms with Crippen LogP contribution in [0.1, 0.15) is 27.3 Å². The fourth-order valence-corrected chi connectivity index (χ4v) is 2.42. The van der Waals surface area contributed by atoms with E-state index in [1.54, 1.807) is 0 Å². The molecule has 1 aromatic heterocycles. The topological polar surface area (TPSA) is 64.3 Å². The van der Waals surface area contributed by atoms with Gasteiger partial charge in [0.15, 0.2) is 5.69 Å². The van der Waals surface area contributed by atoms with E-state index in [9.17, 15) is 18.0 Å². The summed E-state index contributed by atoms with van der Waals surface area (Å²) in [7, 11) is 0. The second-order valence-corrected chi connectivity index (χ2v) is 4.84. The average molecular weight is 312 g/mol. The molecule has 0 fully saturated rings. The van der Waals surface area contributed by atoms with Crippen LogP contribution in [0, 0.1) is 0 Å². The third kappa shape index (κ3) is 2.45. The summed E-state index contributed by atoms with van der Waals surface area (Å²) < 4.78 is 45.5. The van der Waals surface area contributed by atoms with Crippen molar-refractivity contribution in [1.82, 2.24) is 9.78 Å². The second-order valence-electron chi connectivity index (χ2n) is 4.84. The largest absolute Gasteiger partial charge is 0.478 e. The van der Waals surface area contributed by atoms with Gasteiger partial charge in [0.2, 0.25) is 0 Å². The summed E-state index contributed by atoms with van der Waals surface area (Å²) in [6.45, 7) is 0.195. The summed E-state index contributed by atoms with van der Waals surface area (Å²) in [5, 5.41) is 12.5. The van der Waals surface area contributed by atoms with Gasteiger partial charge in [-0.15, -0.1) is 0 Å². The summed E-state index contributed by atoms with van der Waals surface area (Å²) in [6.07, 6.45) is -4.24. The van der Waals surface area contributed by atoms with E-state index >= 15 is 0 Å². The maximum atomic E-state index is 13.1. The molecule has 8 heteroatoms. The van der Waals surface area contributed by atoms with Crippen molar-refractivity contribution in [3.05, 3.63) is 46.8 Å². The van der Waals surface area contributed by atoms with Gasteiger partial charge in [-0.2, -0.15) is 18.3 Å². The van der Waals surface area contributed by atoms with Gasteiger partial charge in [-0.1, -0.05) is 0 Å². The summed E-state index contributed by atoms with van der Waals surface area (Å²) in [6, 6.07) is 5.54. The maximum Gasteiger partial charge on any atom is 0.435 e. The lowest BCUT2D eigenvalue weighted by Gasteiger charge is -2.15. The van der Waals surface area contributed by atoms with Crippen molar-refractivity contribution in [2.45, 2.75) is 19.2 Å². The van der Waals surface area contributed by atoms with Crippen LogP contribution in [-0.4, -0.2) is 27.5 Å². The number of ether oxygens (including phenoxy) is 1. The molecule has 1 N–H and O–H groups in total. The molecule has 2 aromatic rings. The predicted molar refractivity (Wildman–Crippen MR) is 68.9 cm³/mol. The highest BCUT2D eigenvalue weighted by Crippen LogP contribution is 2.35. The van der Waals surface area contributed by atoms with E-state index in [-0.39, 0.29) is 17.7 Å². The Hall–Kier alpha value is -2.35. The van der Waals surface area contributed by atoms with Gasteiger partial charge in [0.25, 0.3) is 0 Å². The number of carboxylic acid groups (broad SMARTS) is 1. The van der Waals surface area contributed by atoms with Crippen LogP contribution < -0.4 is 0 Å². The van der Waals surface area contributed by atoms with Crippen molar-refractivity contribution in [3.8, 4) is 5.69 Å². The van der Waals surface area contributed by atoms with Gasteiger partial charge in [-0.05, 0) is 24.3 Å². The minimum Gasteiger partial charge on any atom is -0.478 e. The molecule has 3 rings (SSSR count). The lowest BCUT2D eigenvalue weighted by atomic mass is 10.1. The monoisotopic (exact) mass is 312 g/mol. The number of carboxylic acids is 1. The lowest BCUT2D eigenvalue weighted by molar-refractivity contribution is -0.142. The number of carbonyl (C=O) groups is 1. The molecule has 0 saturated carbocycles. The molecule has 0 spiro atoms. The van der Waals surface area contributed by atoms with Crippen LogP contribution in [0.2, 0.25) is 0 Å². The highest BCUT2D eigenvalue weighted by molar-refractivity contribution is 5.87. The average Bonchev–Trinajstić information content (AvgIpc) is 2.87. The molecule has 0 radical (unpaired) electrons. The van der Waals surface area contributed by atoms with Crippen molar-refractivity contribution in [1.29, 1.82) is 0 Å². The Bertz CT molecular complexity index is 720. The third-order valence-corrected chi connectivity index (χ3v) is 3.45. The molecule has 22 heavy (non-hydrogen) atoms. The zero-order valence-corrected chi connectivity index (χ0v) is 11.2. The van der Waals surface area contributed by atoms with Gasteiger partial charge in [0, 0.05) is 12.0 Å². The Labute approximate surface area is 122 Å². The van der Waals surface area contributed by atoms with Gasteiger partial charge in [0.1, 0.15) is 0 Å². The van der Waals surface area contributed by atoms with Crippen molar-refractivity contribution < 1.29 is 27.8 Å². The number of aromatic nitrogens is 2. The van der Waals surface area contributed by atoms with Gasteiger partial charge >= 0.3 is 12.1 Å². The number of halogens is 3. The van der Waals surface area contributed by atoms with E-state index in [1.165, 1.54) is 28.9 Å². The van der Waals surface area contributed by atoms with Crippen LogP contribution in [0.5, 0.6) is 0 Å². The molecular formula is C14H11F3N2O3. The quantitative estimate of drug-likeness (QED) is 0.926. The van der Waals surface area contributed by atoms with Crippen molar-refractivity contribution in [2.75, 3.05) is 6.61 Å². The van der Waals surface area contributed by atoms with E-state index in [0.717, 1.165) is 0 Å². The zero-order chi connectivity index (χ0) is 15.9. The van der Waals surface area contributed by atoms with Crippen molar-refractivity contribution >= 4 is 5.97 Å². The molecule has 1 aromatic carbocycles. The number of hydrogen-bond donors (Lipinski definition) is 1. The van der Waals surface area contributed by atoms with E-state index < -0.39 is 17.8 Å². The Morgan fingerprint density at radius 3 is 2.55 bits per heavy atom. The second kappa shape index (κ2) is 5.13. The predicted octanol–water partition coefficient (Wildman–Crippen LogP) is 2.66. The van der Waals surface area contributed by atoms with Gasteiger partial charge in [-0.25, -0.2) is 9.48 Å². The Kier molecular flexibility index (Phi) is 3.40. The highest BCUT2D eigenvalue weighted by Gasteiger charge is 2.40. The molecule has 0 unspecified atom stereocenters. The summed E-state index contributed by atoms with van der Waals surface area (Å²) >= 11 is 0. The van der Waals surface area contributed by atoms with Gasteiger partial charge in [-0.3, -0.25) is 0 Å². The van der Waals surface area contributed by atoms with Crippen molar-refractivity contribution in [3.63, 3.8) is 0 Å². The number of aromatic carboxylic acids is 1. The highest BCUT2D eigenvalue weighted by atomic mass is 19.4. The standard InChI is InChI=1S/C14H11F3N2O3/c15-14(16,17)12-10-7-22-6-5-11(10)19(18-12)9-3-1-8(2-4-9)13(20)21/h1-4H,5-7H2,(H,20,21). The normalized spacial score (nSPS) is 14.7. The number of rotatable bonds is 2. The Morgan fingerprint density at radius 1 is 1.27 bits per heavy atom. The molecule has 1 aliphatic rings. The third-order valence-electron chi connectivity index (χ3n) is 3.45. The molecular weight excluding hydrogens is 301 g/mol. The SMILES string of the molecule is O=C(O)c1ccc(-n2nc(C(F)(F)F)c3c2CCOC3)cc1. The first-order chi connectivity index (χ1) is 10.4. The summed E-state index contributed by atoms with van der Waals surface area (Å²) in [4.78, 5) is 10.8. The van der Waals surface area contributed by atoms with Crippen LogP contribution in [0.4, 0.5) is 13.2 Å². The van der Waals surface area contributed by atoms with Crippen molar-refractivity contribution in [2.24, 2.45) is 0 Å². The number of fused-ring (bicyclic) bond motifs is 1. The van der Waals surface area contributed by atoms with Crippen LogP contribution in [-0.2, 0) is 23.9 Å². The molecule has 0 aliphatic carbocycles. The van der Waals surface area contributed by atoms with Crippen LogP contribution in [0.3, 0.4) is 0 Å².